The molecule has 3 aromatic rings. The van der Waals surface area contributed by atoms with Crippen LogP contribution in [0.1, 0.15) is 35.0 Å². The number of ketones is 1. The molecule has 0 bridgehead atoms. The van der Waals surface area contributed by atoms with Crippen LogP contribution >= 0.6 is 15.9 Å². The number of aliphatic hydroxyl groups is 1. The molecular weight excluding hydrogens is 484 g/mol. The Balaban J connectivity index is 1.89. The van der Waals surface area contributed by atoms with Crippen molar-refractivity contribution in [3.63, 3.8) is 0 Å². The number of pyridine rings is 1. The first kappa shape index (κ1) is 23.2. The lowest BCUT2D eigenvalue weighted by molar-refractivity contribution is -0.139. The van der Waals surface area contributed by atoms with Gasteiger partial charge in [-0.25, -0.2) is 4.98 Å². The Bertz CT molecular complexity index is 1260. The van der Waals surface area contributed by atoms with Crippen LogP contribution in [0, 0.1) is 13.8 Å². The Morgan fingerprint density at radius 1 is 1.15 bits per heavy atom. The molecule has 1 amide bonds. The van der Waals surface area contributed by atoms with E-state index in [1.165, 1.54) is 0 Å². The highest BCUT2D eigenvalue weighted by atomic mass is 79.9. The molecule has 0 radical (unpaired) electrons. The number of carbonyl (C=O) groups excluding carboxylic acids is 2. The summed E-state index contributed by atoms with van der Waals surface area (Å²) in [7, 11) is 3.94. The third-order valence-electron chi connectivity index (χ3n) is 5.97. The fourth-order valence-electron chi connectivity index (χ4n) is 4.39. The number of likely N-dealkylation sites (tertiary alicyclic amines) is 1. The summed E-state index contributed by atoms with van der Waals surface area (Å²) in [5, 5.41) is 11.5. The number of hydrogen-bond donors (Lipinski definition) is 1. The molecule has 1 aromatic carbocycles. The van der Waals surface area contributed by atoms with Crippen LogP contribution in [0.15, 0.2) is 52.6 Å². The number of Topliss-reactive ketones (excluding diaryl/α,β-unsaturated/α-hetero) is 1. The first-order valence-corrected chi connectivity index (χ1v) is 11.6. The first-order valence-electron chi connectivity index (χ1n) is 10.8. The minimum atomic E-state index is -0.674. The van der Waals surface area contributed by atoms with Gasteiger partial charge in [0.15, 0.2) is 5.76 Å². The third kappa shape index (κ3) is 4.20. The van der Waals surface area contributed by atoms with E-state index in [2.05, 4.69) is 20.9 Å². The van der Waals surface area contributed by atoms with Gasteiger partial charge in [0.25, 0.3) is 11.7 Å². The molecular formula is C25H27BrN4O3. The van der Waals surface area contributed by atoms with E-state index in [0.717, 1.165) is 22.1 Å². The lowest BCUT2D eigenvalue weighted by Crippen LogP contribution is -2.32. The number of nitrogens with zero attached hydrogens (tertiary/aromatic N) is 4. The summed E-state index contributed by atoms with van der Waals surface area (Å²) >= 11 is 3.44. The highest BCUT2D eigenvalue weighted by molar-refractivity contribution is 9.10. The van der Waals surface area contributed by atoms with Crippen molar-refractivity contribution in [1.29, 1.82) is 0 Å². The molecule has 1 saturated heterocycles. The summed E-state index contributed by atoms with van der Waals surface area (Å²) in [6, 6.07) is 10.6. The molecule has 8 heteroatoms. The summed E-state index contributed by atoms with van der Waals surface area (Å²) in [4.78, 5) is 34.6. The molecule has 2 aromatic heterocycles. The molecule has 1 N–H and O–H groups in total. The molecule has 1 aliphatic rings. The Morgan fingerprint density at radius 2 is 1.85 bits per heavy atom. The van der Waals surface area contributed by atoms with Gasteiger partial charge in [0, 0.05) is 17.2 Å². The van der Waals surface area contributed by atoms with Crippen LogP contribution in [0.25, 0.3) is 11.4 Å². The van der Waals surface area contributed by atoms with Crippen LogP contribution in [0.3, 0.4) is 0 Å². The molecule has 1 aliphatic heterocycles. The molecule has 1 atom stereocenters. The maximum Gasteiger partial charge on any atom is 0.295 e. The predicted molar refractivity (Wildman–Crippen MR) is 131 cm³/mol. The van der Waals surface area contributed by atoms with Gasteiger partial charge in [0.1, 0.15) is 11.3 Å². The number of carbonyl (C=O) groups is 2. The lowest BCUT2D eigenvalue weighted by atomic mass is 9.96. The number of imidazole rings is 1. The number of aryl methyl sites for hydroxylation is 2. The van der Waals surface area contributed by atoms with Gasteiger partial charge in [-0.05, 0) is 70.2 Å². The second-order valence-corrected chi connectivity index (χ2v) is 9.55. The van der Waals surface area contributed by atoms with Crippen LogP contribution in [0.5, 0.6) is 0 Å². The largest absolute Gasteiger partial charge is 0.505 e. The summed E-state index contributed by atoms with van der Waals surface area (Å²) in [5.74, 6) is -1.47. The molecule has 4 rings (SSSR count). The van der Waals surface area contributed by atoms with Gasteiger partial charge >= 0.3 is 0 Å². The van der Waals surface area contributed by atoms with Gasteiger partial charge in [-0.15, -0.1) is 0 Å². The zero-order valence-corrected chi connectivity index (χ0v) is 20.8. The highest BCUT2D eigenvalue weighted by Crippen LogP contribution is 2.40. The topological polar surface area (TPSA) is 78.1 Å². The molecule has 1 fully saturated rings. The minimum absolute atomic E-state index is 0.0959. The fraction of sp³-hybridized carbons (Fsp3) is 0.320. The van der Waals surface area contributed by atoms with Gasteiger partial charge in [-0.1, -0.05) is 34.1 Å². The zero-order valence-electron chi connectivity index (χ0n) is 19.2. The number of fused-ring (bicyclic) bond motifs is 1. The highest BCUT2D eigenvalue weighted by Gasteiger charge is 2.46. The lowest BCUT2D eigenvalue weighted by Gasteiger charge is -2.26. The zero-order chi connectivity index (χ0) is 23.9. The van der Waals surface area contributed by atoms with E-state index >= 15 is 0 Å². The number of hydrogen-bond acceptors (Lipinski definition) is 5. The number of amides is 1. The molecule has 172 valence electrons. The van der Waals surface area contributed by atoms with E-state index in [1.54, 1.807) is 22.4 Å². The van der Waals surface area contributed by atoms with Crippen LogP contribution < -0.4 is 0 Å². The molecule has 7 nitrogen and oxygen atoms in total. The van der Waals surface area contributed by atoms with Crippen molar-refractivity contribution in [2.24, 2.45) is 0 Å². The maximum atomic E-state index is 13.3. The van der Waals surface area contributed by atoms with Crippen LogP contribution in [0.2, 0.25) is 0 Å². The molecule has 0 spiro atoms. The first-order chi connectivity index (χ1) is 15.7. The normalized spacial score (nSPS) is 18.1. The summed E-state index contributed by atoms with van der Waals surface area (Å²) in [6.07, 6.45) is 2.51. The van der Waals surface area contributed by atoms with Crippen LogP contribution in [-0.2, 0) is 9.59 Å². The van der Waals surface area contributed by atoms with Crippen molar-refractivity contribution >= 4 is 39.0 Å². The Morgan fingerprint density at radius 3 is 2.52 bits per heavy atom. The van der Waals surface area contributed by atoms with Crippen molar-refractivity contribution in [3.05, 3.63) is 75.2 Å². The van der Waals surface area contributed by atoms with Gasteiger partial charge < -0.3 is 14.9 Å². The second kappa shape index (κ2) is 9.11. The van der Waals surface area contributed by atoms with Crippen LogP contribution in [-0.4, -0.2) is 63.2 Å². The van der Waals surface area contributed by atoms with Crippen molar-refractivity contribution < 1.29 is 14.7 Å². The molecule has 0 aliphatic carbocycles. The number of halogens is 1. The van der Waals surface area contributed by atoms with E-state index < -0.39 is 17.7 Å². The van der Waals surface area contributed by atoms with Gasteiger partial charge in [-0.2, -0.15) is 0 Å². The number of rotatable bonds is 6. The van der Waals surface area contributed by atoms with Crippen molar-refractivity contribution in [3.8, 4) is 0 Å². The third-order valence-corrected chi connectivity index (χ3v) is 6.50. The van der Waals surface area contributed by atoms with E-state index in [1.807, 2.05) is 62.3 Å². The molecule has 1 unspecified atom stereocenters. The number of aliphatic hydroxyl groups excluding tert-OH is 1. The SMILES string of the molecule is Cc1nc2c(C)cccn2c1C(O)=C1C(=O)C(=O)N(CCCN(C)C)C1c1ccc(Br)cc1. The van der Waals surface area contributed by atoms with Gasteiger partial charge in [0.05, 0.1) is 17.3 Å². The number of benzene rings is 1. The minimum Gasteiger partial charge on any atom is -0.505 e. The molecule has 0 saturated carbocycles. The molecule has 33 heavy (non-hydrogen) atoms. The molecule has 3 heterocycles. The van der Waals surface area contributed by atoms with Crippen molar-refractivity contribution in [2.75, 3.05) is 27.2 Å². The average Bonchev–Trinajstić information content (AvgIpc) is 3.23. The van der Waals surface area contributed by atoms with Crippen LogP contribution in [0.4, 0.5) is 0 Å². The van der Waals surface area contributed by atoms with Crippen molar-refractivity contribution in [2.45, 2.75) is 26.3 Å². The standard InChI is InChI=1S/C25H27BrN4O3/c1-15-7-5-13-29-20(16(2)27-24(15)29)22(31)19-21(17-8-10-18(26)11-9-17)30(25(33)23(19)32)14-6-12-28(3)4/h5,7-11,13,21,31H,6,12,14H2,1-4H3. The summed E-state index contributed by atoms with van der Waals surface area (Å²) < 4.78 is 2.67. The van der Waals surface area contributed by atoms with Gasteiger partial charge in [0.2, 0.25) is 0 Å². The Kier molecular flexibility index (Phi) is 6.41. The quantitative estimate of drug-likeness (QED) is 0.307. The van der Waals surface area contributed by atoms with Gasteiger partial charge in [-0.3, -0.25) is 14.0 Å². The maximum absolute atomic E-state index is 13.3. The van der Waals surface area contributed by atoms with E-state index in [9.17, 15) is 14.7 Å². The van der Waals surface area contributed by atoms with E-state index in [-0.39, 0.29) is 11.3 Å². The fourth-order valence-corrected chi connectivity index (χ4v) is 4.65. The van der Waals surface area contributed by atoms with E-state index in [0.29, 0.717) is 30.0 Å². The summed E-state index contributed by atoms with van der Waals surface area (Å²) in [6.45, 7) is 4.92. The summed E-state index contributed by atoms with van der Waals surface area (Å²) in [5.41, 5.74) is 3.55. The smallest absolute Gasteiger partial charge is 0.295 e. The monoisotopic (exact) mass is 510 g/mol. The Hall–Kier alpha value is -2.97. The second-order valence-electron chi connectivity index (χ2n) is 8.63. The predicted octanol–water partition coefficient (Wildman–Crippen LogP) is 4.09. The van der Waals surface area contributed by atoms with Crippen molar-refractivity contribution in [1.82, 2.24) is 19.2 Å². The van der Waals surface area contributed by atoms with E-state index in [4.69, 9.17) is 0 Å². The average molecular weight is 511 g/mol. The Labute approximate surface area is 201 Å². The number of aromatic nitrogens is 2.